The van der Waals surface area contributed by atoms with Gasteiger partial charge in [-0.05, 0) is 24.3 Å². The van der Waals surface area contributed by atoms with Crippen LogP contribution in [0.5, 0.6) is 5.75 Å². The van der Waals surface area contributed by atoms with Gasteiger partial charge in [0, 0.05) is 44.7 Å². The number of rotatable bonds is 3. The Morgan fingerprint density at radius 1 is 1.09 bits per heavy atom. The second kappa shape index (κ2) is 7.47. The number of piperazine rings is 1. The zero-order chi connectivity index (χ0) is 14.7. The van der Waals surface area contributed by atoms with Gasteiger partial charge in [-0.2, -0.15) is 0 Å². The first-order valence-electron chi connectivity index (χ1n) is 7.28. The van der Waals surface area contributed by atoms with Crippen molar-refractivity contribution in [2.24, 2.45) is 0 Å². The molecule has 120 valence electrons. The number of amides is 2. The van der Waals surface area contributed by atoms with Crippen LogP contribution in [0.4, 0.5) is 5.69 Å². The molecule has 0 saturated carbocycles. The summed E-state index contributed by atoms with van der Waals surface area (Å²) in [6.45, 7) is 3.98. The zero-order valence-corrected chi connectivity index (χ0v) is 13.0. The lowest BCUT2D eigenvalue weighted by atomic mass is 10.1. The van der Waals surface area contributed by atoms with Crippen LogP contribution in [0, 0.1) is 0 Å². The number of nitrogens with one attached hydrogen (secondary N) is 2. The van der Waals surface area contributed by atoms with Crippen molar-refractivity contribution in [2.75, 3.05) is 31.1 Å². The van der Waals surface area contributed by atoms with Crippen LogP contribution in [0.25, 0.3) is 0 Å². The van der Waals surface area contributed by atoms with Crippen LogP contribution in [0.15, 0.2) is 24.3 Å². The summed E-state index contributed by atoms with van der Waals surface area (Å²) < 4.78 is 5.66. The predicted octanol–water partition coefficient (Wildman–Crippen LogP) is 0.702. The van der Waals surface area contributed by atoms with Crippen LogP contribution in [-0.2, 0) is 9.59 Å². The van der Waals surface area contributed by atoms with E-state index in [1.807, 2.05) is 24.3 Å². The molecule has 1 atom stereocenters. The minimum absolute atomic E-state index is 0. The third-order valence-corrected chi connectivity index (χ3v) is 3.79. The van der Waals surface area contributed by atoms with Gasteiger partial charge in [0.25, 0.3) is 5.91 Å². The van der Waals surface area contributed by atoms with Gasteiger partial charge in [-0.3, -0.25) is 14.9 Å². The second-order valence-corrected chi connectivity index (χ2v) is 5.29. The van der Waals surface area contributed by atoms with Crippen LogP contribution in [0.2, 0.25) is 0 Å². The Balaban J connectivity index is 0.00000176. The van der Waals surface area contributed by atoms with Crippen LogP contribution >= 0.6 is 12.4 Å². The third-order valence-electron chi connectivity index (χ3n) is 3.79. The van der Waals surface area contributed by atoms with Gasteiger partial charge in [-0.1, -0.05) is 0 Å². The van der Waals surface area contributed by atoms with Gasteiger partial charge in [0.2, 0.25) is 5.91 Å². The molecule has 2 aliphatic rings. The van der Waals surface area contributed by atoms with E-state index in [2.05, 4.69) is 15.5 Å². The maximum atomic E-state index is 11.7. The largest absolute Gasteiger partial charge is 0.481 e. The average molecular weight is 326 g/mol. The number of ether oxygens (including phenoxy) is 1. The fourth-order valence-corrected chi connectivity index (χ4v) is 2.61. The number of halogens is 1. The molecule has 2 heterocycles. The van der Waals surface area contributed by atoms with E-state index in [4.69, 9.17) is 4.74 Å². The first-order chi connectivity index (χ1) is 10.2. The highest BCUT2D eigenvalue weighted by molar-refractivity contribution is 5.99. The number of piperidine rings is 1. The molecule has 2 aliphatic heterocycles. The Kier molecular flexibility index (Phi) is 5.63. The number of carbonyl (C=O) groups excluding carboxylic acids is 2. The number of carbonyl (C=O) groups is 2. The molecular formula is C15H20ClN3O3. The van der Waals surface area contributed by atoms with Crippen molar-refractivity contribution in [1.82, 2.24) is 10.6 Å². The monoisotopic (exact) mass is 325 g/mol. The van der Waals surface area contributed by atoms with Crippen LogP contribution in [0.3, 0.4) is 0 Å². The first-order valence-corrected chi connectivity index (χ1v) is 7.28. The smallest absolute Gasteiger partial charge is 0.267 e. The molecule has 0 spiro atoms. The van der Waals surface area contributed by atoms with Gasteiger partial charge in [0.15, 0.2) is 6.10 Å². The standard InChI is InChI=1S/C15H19N3O3.ClH/c19-14-6-5-13(15(20)17-14)21-12-3-1-11(2-4-12)18-9-7-16-8-10-18;/h1-4,13,16H,5-10H2,(H,17,19,20);1H. The summed E-state index contributed by atoms with van der Waals surface area (Å²) in [5.41, 5.74) is 1.16. The number of anilines is 1. The van der Waals surface area contributed by atoms with Crippen molar-refractivity contribution in [3.63, 3.8) is 0 Å². The molecule has 1 unspecified atom stereocenters. The molecule has 0 radical (unpaired) electrons. The van der Waals surface area contributed by atoms with Gasteiger partial charge in [-0.15, -0.1) is 12.4 Å². The Morgan fingerprint density at radius 2 is 1.77 bits per heavy atom. The maximum Gasteiger partial charge on any atom is 0.267 e. The molecule has 2 N–H and O–H groups in total. The van der Waals surface area contributed by atoms with Crippen LogP contribution in [-0.4, -0.2) is 44.1 Å². The van der Waals surface area contributed by atoms with Gasteiger partial charge in [0.05, 0.1) is 0 Å². The molecule has 2 fully saturated rings. The highest BCUT2D eigenvalue weighted by Gasteiger charge is 2.28. The molecule has 1 aromatic rings. The van der Waals surface area contributed by atoms with Crippen molar-refractivity contribution < 1.29 is 14.3 Å². The van der Waals surface area contributed by atoms with E-state index in [1.165, 1.54) is 0 Å². The summed E-state index contributed by atoms with van der Waals surface area (Å²) in [4.78, 5) is 25.1. The first kappa shape index (κ1) is 16.6. The molecule has 3 rings (SSSR count). The van der Waals surface area contributed by atoms with Gasteiger partial charge < -0.3 is 15.0 Å². The summed E-state index contributed by atoms with van der Waals surface area (Å²) in [5.74, 6) is 0.0784. The number of hydrogen-bond acceptors (Lipinski definition) is 5. The Labute approximate surface area is 135 Å². The Bertz CT molecular complexity index is 529. The van der Waals surface area contributed by atoms with Crippen LogP contribution < -0.4 is 20.3 Å². The fraction of sp³-hybridized carbons (Fsp3) is 0.467. The fourth-order valence-electron chi connectivity index (χ4n) is 2.61. The summed E-state index contributed by atoms with van der Waals surface area (Å²) >= 11 is 0. The molecule has 0 aromatic heterocycles. The van der Waals surface area contributed by atoms with E-state index in [-0.39, 0.29) is 24.2 Å². The summed E-state index contributed by atoms with van der Waals surface area (Å²) in [7, 11) is 0. The van der Waals surface area contributed by atoms with Gasteiger partial charge in [0.1, 0.15) is 5.75 Å². The average Bonchev–Trinajstić information content (AvgIpc) is 2.52. The maximum absolute atomic E-state index is 11.7. The zero-order valence-electron chi connectivity index (χ0n) is 12.2. The van der Waals surface area contributed by atoms with E-state index < -0.39 is 6.10 Å². The van der Waals surface area contributed by atoms with E-state index in [9.17, 15) is 9.59 Å². The lowest BCUT2D eigenvalue weighted by Gasteiger charge is -2.29. The highest BCUT2D eigenvalue weighted by atomic mass is 35.5. The van der Waals surface area contributed by atoms with E-state index in [0.717, 1.165) is 31.9 Å². The van der Waals surface area contributed by atoms with Crippen molar-refractivity contribution in [1.29, 1.82) is 0 Å². The van der Waals surface area contributed by atoms with Gasteiger partial charge in [-0.25, -0.2) is 0 Å². The van der Waals surface area contributed by atoms with E-state index >= 15 is 0 Å². The second-order valence-electron chi connectivity index (χ2n) is 5.29. The van der Waals surface area contributed by atoms with Gasteiger partial charge >= 0.3 is 0 Å². The van der Waals surface area contributed by atoms with E-state index in [0.29, 0.717) is 18.6 Å². The summed E-state index contributed by atoms with van der Waals surface area (Å²) in [6, 6.07) is 7.77. The lowest BCUT2D eigenvalue weighted by molar-refractivity contribution is -0.138. The molecule has 22 heavy (non-hydrogen) atoms. The van der Waals surface area contributed by atoms with Crippen molar-refractivity contribution in [3.8, 4) is 5.75 Å². The summed E-state index contributed by atoms with van der Waals surface area (Å²) in [6.07, 6.45) is 0.187. The minimum Gasteiger partial charge on any atom is -0.481 e. The molecule has 2 saturated heterocycles. The molecule has 0 aliphatic carbocycles. The number of benzene rings is 1. The Morgan fingerprint density at radius 3 is 2.41 bits per heavy atom. The Hall–Kier alpha value is -1.79. The van der Waals surface area contributed by atoms with Crippen molar-refractivity contribution in [2.45, 2.75) is 18.9 Å². The third kappa shape index (κ3) is 3.90. The molecule has 1 aromatic carbocycles. The highest BCUT2D eigenvalue weighted by Crippen LogP contribution is 2.22. The quantitative estimate of drug-likeness (QED) is 0.801. The normalized spacial score (nSPS) is 21.8. The SMILES string of the molecule is Cl.O=C1CCC(Oc2ccc(N3CCNCC3)cc2)C(=O)N1. The number of imide groups is 1. The molecule has 7 heteroatoms. The topological polar surface area (TPSA) is 70.7 Å². The molecular weight excluding hydrogens is 306 g/mol. The van der Waals surface area contributed by atoms with Crippen LogP contribution in [0.1, 0.15) is 12.8 Å². The van der Waals surface area contributed by atoms with Crippen molar-refractivity contribution >= 4 is 29.9 Å². The molecule has 2 amide bonds. The predicted molar refractivity (Wildman–Crippen MR) is 85.6 cm³/mol. The number of hydrogen-bond donors (Lipinski definition) is 2. The summed E-state index contributed by atoms with van der Waals surface area (Å²) in [5, 5.41) is 5.61. The number of nitrogens with zero attached hydrogens (tertiary/aromatic N) is 1. The van der Waals surface area contributed by atoms with Crippen molar-refractivity contribution in [3.05, 3.63) is 24.3 Å². The molecule has 0 bridgehead atoms. The van der Waals surface area contributed by atoms with E-state index in [1.54, 1.807) is 0 Å². The lowest BCUT2D eigenvalue weighted by Crippen LogP contribution is -2.46. The minimum atomic E-state index is -0.576. The molecule has 6 nitrogen and oxygen atoms in total.